The third-order valence-electron chi connectivity index (χ3n) is 2.67. The van der Waals surface area contributed by atoms with Crippen LogP contribution in [0.3, 0.4) is 0 Å². The van der Waals surface area contributed by atoms with Crippen LogP contribution in [0.25, 0.3) is 6.08 Å². The van der Waals surface area contributed by atoms with Crippen molar-refractivity contribution in [2.24, 2.45) is 5.92 Å². The smallest absolute Gasteiger partial charge is 0.0138 e. The van der Waals surface area contributed by atoms with Crippen molar-refractivity contribution >= 4 is 17.8 Å². The van der Waals surface area contributed by atoms with E-state index in [-0.39, 0.29) is 0 Å². The largest absolute Gasteiger partial charge is 0.314 e. The van der Waals surface area contributed by atoms with Crippen molar-refractivity contribution in [1.82, 2.24) is 5.32 Å². The summed E-state index contributed by atoms with van der Waals surface area (Å²) in [6, 6.07) is 8.83. The molecular weight excluding hydrogens is 238 g/mol. The molecule has 0 radical (unpaired) electrons. The second kappa shape index (κ2) is 9.23. The second-order valence-corrected chi connectivity index (χ2v) is 5.98. The van der Waals surface area contributed by atoms with Crippen molar-refractivity contribution in [3.05, 3.63) is 35.9 Å². The number of thioether (sulfide) groups is 1. The fraction of sp³-hybridized carbons (Fsp3) is 0.500. The van der Waals surface area contributed by atoms with Gasteiger partial charge in [-0.25, -0.2) is 0 Å². The topological polar surface area (TPSA) is 12.0 Å². The predicted molar refractivity (Wildman–Crippen MR) is 84.2 cm³/mol. The summed E-state index contributed by atoms with van der Waals surface area (Å²) in [6.45, 7) is 8.64. The molecule has 1 aromatic rings. The summed E-state index contributed by atoms with van der Waals surface area (Å²) < 4.78 is 0. The minimum atomic E-state index is 0.797. The van der Waals surface area contributed by atoms with Gasteiger partial charge < -0.3 is 5.32 Å². The molecule has 1 aromatic carbocycles. The molecule has 1 N–H and O–H groups in total. The normalized spacial score (nSPS) is 11.6. The van der Waals surface area contributed by atoms with Crippen LogP contribution in [0.1, 0.15) is 32.8 Å². The first-order valence-electron chi connectivity index (χ1n) is 6.82. The van der Waals surface area contributed by atoms with Gasteiger partial charge >= 0.3 is 0 Å². The standard InChI is InChI=1S/C16H25NS/c1-4-17-12-5-6-15-7-9-16(10-8-15)18-13-11-14(2)3/h5-10,14,17H,4,11-13H2,1-3H3. The van der Waals surface area contributed by atoms with Crippen LogP contribution in [0.15, 0.2) is 35.2 Å². The fourth-order valence-electron chi connectivity index (χ4n) is 1.51. The number of likely N-dealkylation sites (N-methyl/N-ethyl adjacent to an activating group) is 1. The van der Waals surface area contributed by atoms with Crippen LogP contribution in [-0.4, -0.2) is 18.8 Å². The molecule has 18 heavy (non-hydrogen) atoms. The Bertz CT molecular complexity index is 341. The summed E-state index contributed by atoms with van der Waals surface area (Å²) in [5, 5.41) is 3.28. The maximum Gasteiger partial charge on any atom is 0.0138 e. The van der Waals surface area contributed by atoms with E-state index in [4.69, 9.17) is 0 Å². The molecule has 0 saturated heterocycles. The van der Waals surface area contributed by atoms with E-state index < -0.39 is 0 Å². The molecule has 1 rings (SSSR count). The lowest BCUT2D eigenvalue weighted by Gasteiger charge is -2.04. The van der Waals surface area contributed by atoms with Crippen molar-refractivity contribution in [3.8, 4) is 0 Å². The maximum absolute atomic E-state index is 3.28. The highest BCUT2D eigenvalue weighted by atomic mass is 32.2. The van der Waals surface area contributed by atoms with Crippen LogP contribution in [-0.2, 0) is 0 Å². The molecule has 100 valence electrons. The second-order valence-electron chi connectivity index (χ2n) is 4.81. The Labute approximate surface area is 116 Å². The van der Waals surface area contributed by atoms with E-state index in [0.29, 0.717) is 0 Å². The summed E-state index contributed by atoms with van der Waals surface area (Å²) in [7, 11) is 0. The molecule has 0 aromatic heterocycles. The maximum atomic E-state index is 3.28. The van der Waals surface area contributed by atoms with Crippen LogP contribution < -0.4 is 5.32 Å². The molecule has 0 atom stereocenters. The Morgan fingerprint density at radius 1 is 1.22 bits per heavy atom. The number of hydrogen-bond donors (Lipinski definition) is 1. The van der Waals surface area contributed by atoms with Gasteiger partial charge in [0.05, 0.1) is 0 Å². The molecular formula is C16H25NS. The van der Waals surface area contributed by atoms with Crippen molar-refractivity contribution in [2.45, 2.75) is 32.1 Å². The van der Waals surface area contributed by atoms with Crippen LogP contribution in [0.2, 0.25) is 0 Å². The van der Waals surface area contributed by atoms with Crippen LogP contribution in [0.5, 0.6) is 0 Å². The third-order valence-corrected chi connectivity index (χ3v) is 3.71. The summed E-state index contributed by atoms with van der Waals surface area (Å²) in [5.74, 6) is 2.01. The van der Waals surface area contributed by atoms with Gasteiger partial charge in [0.15, 0.2) is 0 Å². The predicted octanol–water partition coefficient (Wildman–Crippen LogP) is 4.45. The van der Waals surface area contributed by atoms with Gasteiger partial charge in [-0.3, -0.25) is 0 Å². The average molecular weight is 263 g/mol. The quantitative estimate of drug-likeness (QED) is 0.549. The molecule has 0 heterocycles. The average Bonchev–Trinajstić information content (AvgIpc) is 2.36. The van der Waals surface area contributed by atoms with Gasteiger partial charge in [0.1, 0.15) is 0 Å². The highest BCUT2D eigenvalue weighted by Gasteiger charge is 1.96. The summed E-state index contributed by atoms with van der Waals surface area (Å²) in [6.07, 6.45) is 5.63. The fourth-order valence-corrected chi connectivity index (χ4v) is 2.66. The Balaban J connectivity index is 2.35. The van der Waals surface area contributed by atoms with Gasteiger partial charge in [0.25, 0.3) is 0 Å². The molecule has 2 heteroatoms. The van der Waals surface area contributed by atoms with Crippen LogP contribution >= 0.6 is 11.8 Å². The molecule has 0 unspecified atom stereocenters. The van der Waals surface area contributed by atoms with E-state index in [2.05, 4.69) is 62.5 Å². The summed E-state index contributed by atoms with van der Waals surface area (Å²) in [5.41, 5.74) is 1.28. The van der Waals surface area contributed by atoms with Crippen LogP contribution in [0, 0.1) is 5.92 Å². The first-order chi connectivity index (χ1) is 8.72. The van der Waals surface area contributed by atoms with E-state index in [9.17, 15) is 0 Å². The zero-order chi connectivity index (χ0) is 13.2. The number of nitrogens with one attached hydrogen (secondary N) is 1. The van der Waals surface area contributed by atoms with Crippen LogP contribution in [0.4, 0.5) is 0 Å². The molecule has 0 bridgehead atoms. The molecule has 0 spiro atoms. The zero-order valence-electron chi connectivity index (χ0n) is 11.8. The Kier molecular flexibility index (Phi) is 7.86. The molecule has 0 aliphatic heterocycles. The van der Waals surface area contributed by atoms with Gasteiger partial charge in [-0.2, -0.15) is 0 Å². The molecule has 1 nitrogen and oxygen atoms in total. The molecule has 0 amide bonds. The summed E-state index contributed by atoms with van der Waals surface area (Å²) in [4.78, 5) is 1.37. The lowest BCUT2D eigenvalue weighted by atomic mass is 10.2. The minimum absolute atomic E-state index is 0.797. The van der Waals surface area contributed by atoms with Crippen molar-refractivity contribution in [3.63, 3.8) is 0 Å². The zero-order valence-corrected chi connectivity index (χ0v) is 12.6. The van der Waals surface area contributed by atoms with Gasteiger partial charge in [-0.05, 0) is 42.3 Å². The van der Waals surface area contributed by atoms with E-state index >= 15 is 0 Å². The van der Waals surface area contributed by atoms with Gasteiger partial charge in [0.2, 0.25) is 0 Å². The van der Waals surface area contributed by atoms with Gasteiger partial charge in [-0.1, -0.05) is 45.1 Å². The molecule has 0 saturated carbocycles. The minimum Gasteiger partial charge on any atom is -0.314 e. The van der Waals surface area contributed by atoms with E-state index in [1.54, 1.807) is 0 Å². The Morgan fingerprint density at radius 2 is 1.94 bits per heavy atom. The first kappa shape index (κ1) is 15.3. The van der Waals surface area contributed by atoms with Crippen molar-refractivity contribution in [2.75, 3.05) is 18.8 Å². The van der Waals surface area contributed by atoms with E-state index in [1.165, 1.54) is 22.6 Å². The number of hydrogen-bond acceptors (Lipinski definition) is 2. The SMILES string of the molecule is CCNCC=Cc1ccc(SCCC(C)C)cc1. The highest BCUT2D eigenvalue weighted by Crippen LogP contribution is 2.21. The highest BCUT2D eigenvalue weighted by molar-refractivity contribution is 7.99. The summed E-state index contributed by atoms with van der Waals surface area (Å²) >= 11 is 1.95. The number of rotatable bonds is 8. The number of benzene rings is 1. The van der Waals surface area contributed by atoms with E-state index in [1.807, 2.05) is 11.8 Å². The lowest BCUT2D eigenvalue weighted by molar-refractivity contribution is 0.632. The van der Waals surface area contributed by atoms with Crippen molar-refractivity contribution in [1.29, 1.82) is 0 Å². The monoisotopic (exact) mass is 263 g/mol. The van der Waals surface area contributed by atoms with Crippen molar-refractivity contribution < 1.29 is 0 Å². The molecule has 0 aliphatic rings. The van der Waals surface area contributed by atoms with E-state index in [0.717, 1.165) is 19.0 Å². The third kappa shape index (κ3) is 6.87. The lowest BCUT2D eigenvalue weighted by Crippen LogP contribution is -2.11. The Hall–Kier alpha value is -0.730. The van der Waals surface area contributed by atoms with Gasteiger partial charge in [-0.15, -0.1) is 11.8 Å². The molecule has 0 aliphatic carbocycles. The first-order valence-corrected chi connectivity index (χ1v) is 7.81. The van der Waals surface area contributed by atoms with Gasteiger partial charge in [0, 0.05) is 11.4 Å². The Morgan fingerprint density at radius 3 is 2.56 bits per heavy atom. The molecule has 0 fully saturated rings.